The largest absolute Gasteiger partial charge is 0.480 e. The summed E-state index contributed by atoms with van der Waals surface area (Å²) in [6, 6.07) is 13.6. The Morgan fingerprint density at radius 2 is 1.56 bits per heavy atom. The Morgan fingerprint density at radius 1 is 0.969 bits per heavy atom. The first-order chi connectivity index (χ1) is 15.5. The van der Waals surface area contributed by atoms with Gasteiger partial charge in [-0.3, -0.25) is 4.79 Å². The van der Waals surface area contributed by atoms with Crippen LogP contribution >= 0.6 is 0 Å². The van der Waals surface area contributed by atoms with Gasteiger partial charge in [-0.05, 0) is 28.7 Å². The van der Waals surface area contributed by atoms with Crippen molar-refractivity contribution in [1.82, 2.24) is 10.6 Å². The van der Waals surface area contributed by atoms with Gasteiger partial charge in [0, 0.05) is 5.92 Å². The second-order valence-corrected chi connectivity index (χ2v) is 7.75. The Hall–Kier alpha value is -3.39. The van der Waals surface area contributed by atoms with Crippen LogP contribution in [0.15, 0.2) is 48.5 Å². The highest BCUT2D eigenvalue weighted by atomic mass is 16.5. The summed E-state index contributed by atoms with van der Waals surface area (Å²) < 4.78 is 5.48. The average Bonchev–Trinajstić information content (AvgIpc) is 3.12. The molecular weight excluding hydrogens is 412 g/mol. The smallest absolute Gasteiger partial charge is 0.407 e. The van der Waals surface area contributed by atoms with Crippen LogP contribution in [0.5, 0.6) is 0 Å². The van der Waals surface area contributed by atoms with Crippen LogP contribution in [0, 0.1) is 0 Å². The molecule has 1 unspecified atom stereocenters. The molecule has 4 N–H and O–H groups in total. The number of nitrogens with one attached hydrogen (secondary N) is 2. The number of aliphatic carboxylic acids is 1. The topological polar surface area (TPSA) is 125 Å². The predicted molar refractivity (Wildman–Crippen MR) is 118 cm³/mol. The second kappa shape index (κ2) is 10.8. The first-order valence-corrected chi connectivity index (χ1v) is 10.7. The number of ether oxygens (including phenoxy) is 1. The number of unbranched alkanes of at least 4 members (excludes halogenated alkanes) is 1. The van der Waals surface area contributed by atoms with E-state index in [9.17, 15) is 14.4 Å². The van der Waals surface area contributed by atoms with Gasteiger partial charge in [-0.15, -0.1) is 0 Å². The number of aliphatic hydroxyl groups excluding tert-OH is 1. The van der Waals surface area contributed by atoms with Gasteiger partial charge in [0.05, 0.1) is 6.61 Å². The van der Waals surface area contributed by atoms with Gasteiger partial charge in [0.1, 0.15) is 18.7 Å². The van der Waals surface area contributed by atoms with Crippen LogP contribution in [0.3, 0.4) is 0 Å². The first kappa shape index (κ1) is 23.3. The molecule has 1 aliphatic carbocycles. The Labute approximate surface area is 186 Å². The molecule has 0 aliphatic heterocycles. The number of hydrogen-bond donors (Lipinski definition) is 4. The third-order valence-electron chi connectivity index (χ3n) is 5.60. The molecule has 0 heterocycles. The fourth-order valence-electron chi connectivity index (χ4n) is 3.92. The summed E-state index contributed by atoms with van der Waals surface area (Å²) in [4.78, 5) is 36.1. The van der Waals surface area contributed by atoms with Crippen molar-refractivity contribution in [3.8, 4) is 11.1 Å². The van der Waals surface area contributed by atoms with Gasteiger partial charge < -0.3 is 25.6 Å². The van der Waals surface area contributed by atoms with Gasteiger partial charge in [0.25, 0.3) is 0 Å². The molecule has 0 saturated heterocycles. The van der Waals surface area contributed by atoms with Crippen molar-refractivity contribution in [3.05, 3.63) is 59.7 Å². The van der Waals surface area contributed by atoms with Gasteiger partial charge in [-0.25, -0.2) is 9.59 Å². The minimum absolute atomic E-state index is 0.108. The summed E-state index contributed by atoms with van der Waals surface area (Å²) in [6.45, 7) is 1.30. The van der Waals surface area contributed by atoms with Crippen molar-refractivity contribution in [2.45, 2.75) is 44.2 Å². The molecule has 0 radical (unpaired) electrons. The van der Waals surface area contributed by atoms with E-state index in [1.807, 2.05) is 55.5 Å². The maximum absolute atomic E-state index is 12.5. The number of hydrogen-bond acceptors (Lipinski definition) is 5. The zero-order valence-electron chi connectivity index (χ0n) is 17.9. The molecule has 8 nitrogen and oxygen atoms in total. The lowest BCUT2D eigenvalue weighted by Gasteiger charge is -2.21. The van der Waals surface area contributed by atoms with Crippen LogP contribution in [-0.4, -0.2) is 53.5 Å². The van der Waals surface area contributed by atoms with Crippen LogP contribution in [0.1, 0.15) is 43.2 Å². The summed E-state index contributed by atoms with van der Waals surface area (Å²) in [5.74, 6) is -2.13. The molecule has 0 aromatic heterocycles. The third-order valence-corrected chi connectivity index (χ3v) is 5.60. The molecule has 2 atom stereocenters. The van der Waals surface area contributed by atoms with E-state index >= 15 is 0 Å². The normalized spacial score (nSPS) is 14.1. The molecule has 32 heavy (non-hydrogen) atoms. The Balaban J connectivity index is 1.65. The summed E-state index contributed by atoms with van der Waals surface area (Å²) in [5, 5.41) is 23.0. The molecule has 2 aromatic rings. The van der Waals surface area contributed by atoms with E-state index in [0.717, 1.165) is 28.7 Å². The third kappa shape index (κ3) is 5.26. The maximum Gasteiger partial charge on any atom is 0.407 e. The molecule has 2 amide bonds. The molecule has 3 rings (SSSR count). The van der Waals surface area contributed by atoms with E-state index in [0.29, 0.717) is 12.8 Å². The highest BCUT2D eigenvalue weighted by Crippen LogP contribution is 2.44. The average molecular weight is 440 g/mol. The quantitative estimate of drug-likeness (QED) is 0.450. The van der Waals surface area contributed by atoms with Gasteiger partial charge in [-0.2, -0.15) is 0 Å². The van der Waals surface area contributed by atoms with Crippen molar-refractivity contribution in [3.63, 3.8) is 0 Å². The predicted octanol–water partition coefficient (Wildman–Crippen LogP) is 2.65. The first-order valence-electron chi connectivity index (χ1n) is 10.7. The molecule has 0 bridgehead atoms. The number of carbonyl (C=O) groups is 3. The lowest BCUT2D eigenvalue weighted by Crippen LogP contribution is -2.52. The van der Waals surface area contributed by atoms with E-state index in [-0.39, 0.29) is 12.5 Å². The number of fused-ring (bicyclic) bond motifs is 3. The van der Waals surface area contributed by atoms with E-state index in [1.54, 1.807) is 0 Å². The standard InChI is InChI=1S/C24H28N2O6/c1-2-3-12-20(22(28)25-21(13-27)23(29)30)26-24(31)32-14-19-17-10-6-4-8-15(17)16-9-5-7-11-18(16)19/h4-11,19-21,27H,2-3,12-14H2,1H3,(H,25,28)(H,26,31)(H,29,30)/t20?,21-/m0/s1. The summed E-state index contributed by atoms with van der Waals surface area (Å²) in [6.07, 6.45) is 1.01. The molecule has 0 fully saturated rings. The highest BCUT2D eigenvalue weighted by molar-refractivity contribution is 5.89. The monoisotopic (exact) mass is 440 g/mol. The number of alkyl carbamates (subject to hydrolysis) is 1. The van der Waals surface area contributed by atoms with E-state index in [2.05, 4.69) is 10.6 Å². The SMILES string of the molecule is CCCCC(NC(=O)OCC1c2ccccc2-c2ccccc21)C(=O)N[C@@H](CO)C(=O)O. The molecule has 1 aliphatic rings. The Bertz CT molecular complexity index is 931. The highest BCUT2D eigenvalue weighted by Gasteiger charge is 2.30. The summed E-state index contributed by atoms with van der Waals surface area (Å²) >= 11 is 0. The van der Waals surface area contributed by atoms with Crippen LogP contribution in [0.4, 0.5) is 4.79 Å². The molecule has 2 aromatic carbocycles. The van der Waals surface area contributed by atoms with Gasteiger partial charge in [0.2, 0.25) is 5.91 Å². The summed E-state index contributed by atoms with van der Waals surface area (Å²) in [5.41, 5.74) is 4.38. The lowest BCUT2D eigenvalue weighted by atomic mass is 9.98. The number of aliphatic hydroxyl groups is 1. The van der Waals surface area contributed by atoms with Gasteiger partial charge in [0.15, 0.2) is 0 Å². The number of carbonyl (C=O) groups excluding carboxylic acids is 2. The number of amides is 2. The van der Waals surface area contributed by atoms with E-state index in [4.69, 9.17) is 14.9 Å². The Kier molecular flexibility index (Phi) is 7.83. The minimum atomic E-state index is -1.43. The number of carboxylic acid groups (broad SMARTS) is 1. The fourth-order valence-corrected chi connectivity index (χ4v) is 3.92. The van der Waals surface area contributed by atoms with Gasteiger partial charge >= 0.3 is 12.1 Å². The Morgan fingerprint density at radius 3 is 2.09 bits per heavy atom. The van der Waals surface area contributed by atoms with Crippen LogP contribution in [0.25, 0.3) is 11.1 Å². The second-order valence-electron chi connectivity index (χ2n) is 7.75. The number of carboxylic acids is 1. The van der Waals surface area contributed by atoms with Crippen molar-refractivity contribution in [2.75, 3.05) is 13.2 Å². The molecule has 0 spiro atoms. The molecular formula is C24H28N2O6. The van der Waals surface area contributed by atoms with Crippen LogP contribution < -0.4 is 10.6 Å². The molecule has 170 valence electrons. The van der Waals surface area contributed by atoms with Crippen molar-refractivity contribution < 1.29 is 29.3 Å². The minimum Gasteiger partial charge on any atom is -0.480 e. The molecule has 0 saturated carbocycles. The fraction of sp³-hybridized carbons (Fsp3) is 0.375. The van der Waals surface area contributed by atoms with Crippen LogP contribution in [-0.2, 0) is 14.3 Å². The van der Waals surface area contributed by atoms with Crippen LogP contribution in [0.2, 0.25) is 0 Å². The van der Waals surface area contributed by atoms with Crippen molar-refractivity contribution in [1.29, 1.82) is 0 Å². The number of benzene rings is 2. The zero-order chi connectivity index (χ0) is 23.1. The van der Waals surface area contributed by atoms with Crippen molar-refractivity contribution >= 4 is 18.0 Å². The lowest BCUT2D eigenvalue weighted by molar-refractivity contribution is -0.143. The van der Waals surface area contributed by atoms with Gasteiger partial charge in [-0.1, -0.05) is 68.3 Å². The maximum atomic E-state index is 12.5. The van der Waals surface area contributed by atoms with E-state index < -0.39 is 36.7 Å². The number of rotatable bonds is 10. The van der Waals surface area contributed by atoms with Crippen molar-refractivity contribution in [2.24, 2.45) is 0 Å². The zero-order valence-corrected chi connectivity index (χ0v) is 17.9. The van der Waals surface area contributed by atoms with E-state index in [1.165, 1.54) is 0 Å². The molecule has 8 heteroatoms. The summed E-state index contributed by atoms with van der Waals surface area (Å²) in [7, 11) is 0.